The molecule has 1 aliphatic heterocycles. The molecule has 0 atom stereocenters. The molecule has 0 saturated carbocycles. The maximum absolute atomic E-state index is 4.37. The van der Waals surface area contributed by atoms with Crippen molar-refractivity contribution in [3.63, 3.8) is 0 Å². The quantitative estimate of drug-likeness (QED) is 0.804. The Morgan fingerprint density at radius 3 is 2.72 bits per heavy atom. The molecule has 3 rings (SSSR count). The van der Waals surface area contributed by atoms with Crippen LogP contribution >= 0.6 is 0 Å². The molecule has 1 aliphatic rings. The number of fused-ring (bicyclic) bond motifs is 1. The molecule has 94 valence electrons. The highest BCUT2D eigenvalue weighted by Gasteiger charge is 2.15. The van der Waals surface area contributed by atoms with E-state index in [-0.39, 0.29) is 0 Å². The first-order chi connectivity index (χ1) is 8.86. The fourth-order valence-corrected chi connectivity index (χ4v) is 2.58. The van der Waals surface area contributed by atoms with Crippen molar-refractivity contribution >= 4 is 16.6 Å². The van der Waals surface area contributed by atoms with E-state index in [0.29, 0.717) is 0 Å². The highest BCUT2D eigenvalue weighted by atomic mass is 15.3. The number of anilines is 1. The highest BCUT2D eigenvalue weighted by molar-refractivity contribution is 5.82. The molecule has 18 heavy (non-hydrogen) atoms. The van der Waals surface area contributed by atoms with Crippen LogP contribution in [-0.4, -0.2) is 42.6 Å². The second-order valence-corrected chi connectivity index (χ2v) is 4.80. The van der Waals surface area contributed by atoms with E-state index in [4.69, 9.17) is 0 Å². The lowest BCUT2D eigenvalue weighted by Crippen LogP contribution is -2.46. The van der Waals surface area contributed by atoms with Crippen LogP contribution in [-0.2, 0) is 0 Å². The van der Waals surface area contributed by atoms with Crippen LogP contribution in [0, 0.1) is 0 Å². The Kier molecular flexibility index (Phi) is 3.15. The molecule has 0 N–H and O–H groups in total. The summed E-state index contributed by atoms with van der Waals surface area (Å²) in [5.74, 6) is 0. The molecule has 3 nitrogen and oxygen atoms in total. The maximum Gasteiger partial charge on any atom is 0.0703 e. The molecule has 0 bridgehead atoms. The van der Waals surface area contributed by atoms with Gasteiger partial charge in [-0.05, 0) is 30.8 Å². The van der Waals surface area contributed by atoms with Gasteiger partial charge in [0.15, 0.2) is 0 Å². The van der Waals surface area contributed by atoms with Gasteiger partial charge in [0.25, 0.3) is 0 Å². The normalized spacial score (nSPS) is 17.3. The zero-order valence-corrected chi connectivity index (χ0v) is 10.8. The average molecular weight is 241 g/mol. The van der Waals surface area contributed by atoms with Crippen molar-refractivity contribution in [2.75, 3.05) is 37.6 Å². The number of benzene rings is 1. The summed E-state index contributed by atoms with van der Waals surface area (Å²) < 4.78 is 0. The van der Waals surface area contributed by atoms with Gasteiger partial charge in [0.05, 0.1) is 5.52 Å². The Labute approximate surface area is 108 Å². The molecule has 3 heteroatoms. The van der Waals surface area contributed by atoms with E-state index < -0.39 is 0 Å². The molecule has 0 radical (unpaired) electrons. The standard InChI is InChI=1S/C15H19N3/c1-2-17-8-10-18(11-9-17)14-5-6-15-13(12-14)4-3-7-16-15/h3-7,12H,2,8-11H2,1H3. The van der Waals surface area contributed by atoms with Crippen LogP contribution in [0.1, 0.15) is 6.92 Å². The van der Waals surface area contributed by atoms with Crippen LogP contribution in [0.4, 0.5) is 5.69 Å². The van der Waals surface area contributed by atoms with E-state index in [1.807, 2.05) is 12.3 Å². The van der Waals surface area contributed by atoms with Gasteiger partial charge >= 0.3 is 0 Å². The average Bonchev–Trinajstić information content (AvgIpc) is 2.47. The van der Waals surface area contributed by atoms with Crippen molar-refractivity contribution in [1.29, 1.82) is 0 Å². The molecule has 2 aromatic rings. The number of aromatic nitrogens is 1. The Bertz CT molecular complexity index is 530. The fourth-order valence-electron chi connectivity index (χ4n) is 2.58. The number of nitrogens with zero attached hydrogens (tertiary/aromatic N) is 3. The zero-order valence-electron chi connectivity index (χ0n) is 10.8. The van der Waals surface area contributed by atoms with Gasteiger partial charge in [0.2, 0.25) is 0 Å². The van der Waals surface area contributed by atoms with Crippen molar-refractivity contribution in [2.24, 2.45) is 0 Å². The minimum Gasteiger partial charge on any atom is -0.369 e. The minimum atomic E-state index is 1.08. The highest BCUT2D eigenvalue weighted by Crippen LogP contribution is 2.21. The molecule has 0 unspecified atom stereocenters. The SMILES string of the molecule is CCN1CCN(c2ccc3ncccc3c2)CC1. The summed E-state index contributed by atoms with van der Waals surface area (Å²) >= 11 is 0. The van der Waals surface area contributed by atoms with Crippen molar-refractivity contribution in [3.05, 3.63) is 36.5 Å². The first-order valence-corrected chi connectivity index (χ1v) is 6.69. The molecule has 1 saturated heterocycles. The summed E-state index contributed by atoms with van der Waals surface area (Å²) in [6, 6.07) is 10.7. The van der Waals surface area contributed by atoms with E-state index in [0.717, 1.165) is 25.2 Å². The third-order valence-corrected chi connectivity index (χ3v) is 3.77. The smallest absolute Gasteiger partial charge is 0.0703 e. The van der Waals surface area contributed by atoms with Gasteiger partial charge in [0.1, 0.15) is 0 Å². The topological polar surface area (TPSA) is 19.4 Å². The Morgan fingerprint density at radius 2 is 1.94 bits per heavy atom. The predicted octanol–water partition coefficient (Wildman–Crippen LogP) is 2.38. The molecule has 0 aliphatic carbocycles. The lowest BCUT2D eigenvalue weighted by atomic mass is 10.1. The molecular formula is C15H19N3. The molecule has 1 aromatic carbocycles. The van der Waals surface area contributed by atoms with Crippen molar-refractivity contribution in [1.82, 2.24) is 9.88 Å². The van der Waals surface area contributed by atoms with Crippen LogP contribution in [0.25, 0.3) is 10.9 Å². The van der Waals surface area contributed by atoms with Crippen molar-refractivity contribution in [2.45, 2.75) is 6.92 Å². The summed E-state index contributed by atoms with van der Waals surface area (Å²) in [6.07, 6.45) is 1.85. The van der Waals surface area contributed by atoms with E-state index in [1.54, 1.807) is 0 Å². The Morgan fingerprint density at radius 1 is 1.11 bits per heavy atom. The van der Waals surface area contributed by atoms with Gasteiger partial charge in [-0.3, -0.25) is 4.98 Å². The number of hydrogen-bond acceptors (Lipinski definition) is 3. The van der Waals surface area contributed by atoms with E-state index in [9.17, 15) is 0 Å². The summed E-state index contributed by atoms with van der Waals surface area (Å²) in [4.78, 5) is 9.34. The van der Waals surface area contributed by atoms with Crippen LogP contribution in [0.5, 0.6) is 0 Å². The predicted molar refractivity (Wildman–Crippen MR) is 76.1 cm³/mol. The van der Waals surface area contributed by atoms with Gasteiger partial charge in [0, 0.05) is 43.4 Å². The van der Waals surface area contributed by atoms with Crippen LogP contribution in [0.2, 0.25) is 0 Å². The number of pyridine rings is 1. The first-order valence-electron chi connectivity index (χ1n) is 6.69. The van der Waals surface area contributed by atoms with Crippen molar-refractivity contribution in [3.8, 4) is 0 Å². The van der Waals surface area contributed by atoms with Gasteiger partial charge in [-0.1, -0.05) is 13.0 Å². The molecule has 1 aromatic heterocycles. The molecule has 2 heterocycles. The molecular weight excluding hydrogens is 222 g/mol. The third-order valence-electron chi connectivity index (χ3n) is 3.77. The lowest BCUT2D eigenvalue weighted by Gasteiger charge is -2.35. The number of rotatable bonds is 2. The number of piperazine rings is 1. The summed E-state index contributed by atoms with van der Waals surface area (Å²) in [6.45, 7) is 7.98. The molecule has 0 amide bonds. The lowest BCUT2D eigenvalue weighted by molar-refractivity contribution is 0.271. The van der Waals surface area contributed by atoms with Gasteiger partial charge in [-0.2, -0.15) is 0 Å². The van der Waals surface area contributed by atoms with Crippen LogP contribution in [0.15, 0.2) is 36.5 Å². The Hall–Kier alpha value is -1.61. The van der Waals surface area contributed by atoms with Crippen LogP contribution in [0.3, 0.4) is 0 Å². The summed E-state index contributed by atoms with van der Waals surface area (Å²) in [5, 5.41) is 1.23. The Balaban J connectivity index is 1.82. The van der Waals surface area contributed by atoms with E-state index >= 15 is 0 Å². The minimum absolute atomic E-state index is 1.08. The monoisotopic (exact) mass is 241 g/mol. The van der Waals surface area contributed by atoms with Gasteiger partial charge in [-0.15, -0.1) is 0 Å². The molecule has 0 spiro atoms. The maximum atomic E-state index is 4.37. The van der Waals surface area contributed by atoms with Gasteiger partial charge in [-0.25, -0.2) is 0 Å². The van der Waals surface area contributed by atoms with E-state index in [2.05, 4.69) is 46.0 Å². The third kappa shape index (κ3) is 2.18. The second-order valence-electron chi connectivity index (χ2n) is 4.80. The molecule has 1 fully saturated rings. The van der Waals surface area contributed by atoms with Crippen molar-refractivity contribution < 1.29 is 0 Å². The van der Waals surface area contributed by atoms with Crippen LogP contribution < -0.4 is 4.90 Å². The number of likely N-dealkylation sites (N-methyl/N-ethyl adjacent to an activating group) is 1. The van der Waals surface area contributed by atoms with E-state index in [1.165, 1.54) is 24.2 Å². The second kappa shape index (κ2) is 4.94. The summed E-state index contributed by atoms with van der Waals surface area (Å²) in [5.41, 5.74) is 2.40. The fraction of sp³-hybridized carbons (Fsp3) is 0.400. The number of hydrogen-bond donors (Lipinski definition) is 0. The largest absolute Gasteiger partial charge is 0.369 e. The first kappa shape index (κ1) is 11.5. The zero-order chi connectivity index (χ0) is 12.4. The van der Waals surface area contributed by atoms with Gasteiger partial charge < -0.3 is 9.80 Å². The summed E-state index contributed by atoms with van der Waals surface area (Å²) in [7, 11) is 0.